The van der Waals surface area contributed by atoms with Crippen LogP contribution in [0.5, 0.6) is 5.75 Å². The molecule has 226 valence electrons. The van der Waals surface area contributed by atoms with Crippen LogP contribution in [0.3, 0.4) is 0 Å². The van der Waals surface area contributed by atoms with Gasteiger partial charge in [-0.15, -0.1) is 0 Å². The highest BCUT2D eigenvalue weighted by molar-refractivity contribution is 6.31. The molecule has 45 heavy (non-hydrogen) atoms. The summed E-state index contributed by atoms with van der Waals surface area (Å²) in [5.41, 5.74) is 7.55. The van der Waals surface area contributed by atoms with E-state index in [2.05, 4.69) is 18.2 Å². The molecule has 0 saturated carbocycles. The van der Waals surface area contributed by atoms with Crippen LogP contribution < -0.4 is 4.90 Å². The predicted molar refractivity (Wildman–Crippen MR) is 175 cm³/mol. The number of halogens is 1. The molecule has 1 aliphatic heterocycles. The van der Waals surface area contributed by atoms with Gasteiger partial charge in [0, 0.05) is 66.1 Å². The molecule has 6 rings (SSSR count). The number of amides is 2. The summed E-state index contributed by atoms with van der Waals surface area (Å²) < 4.78 is 3.64. The summed E-state index contributed by atoms with van der Waals surface area (Å²) in [5.74, 6) is -0.347. The van der Waals surface area contributed by atoms with Crippen molar-refractivity contribution in [1.29, 1.82) is 5.26 Å². The summed E-state index contributed by atoms with van der Waals surface area (Å²) in [6, 6.07) is 25.4. The van der Waals surface area contributed by atoms with Crippen molar-refractivity contribution in [3.8, 4) is 23.1 Å². The smallest absolute Gasteiger partial charge is 0.264 e. The Balaban J connectivity index is 1.43. The molecule has 5 aromatic rings. The van der Waals surface area contributed by atoms with Gasteiger partial charge in [-0.05, 0) is 86.0 Å². The van der Waals surface area contributed by atoms with Crippen molar-refractivity contribution < 1.29 is 14.7 Å². The standard InChI is InChI=1S/C36H32ClN5O3/c1-22-31(36(45)42(27-10-12-29(43)13-11-27)33-18-28(20-38)39(3)23(33)2)19-34(40(22)4)32-17-26(37)9-14-30(32)35(44)41-16-15-24-7-5-6-8-25(24)21-41/h5-14,17-19,43H,15-16,21H2,1-4H3. The molecule has 0 radical (unpaired) electrons. The maximum Gasteiger partial charge on any atom is 0.264 e. The van der Waals surface area contributed by atoms with Crippen LogP contribution in [0.25, 0.3) is 11.3 Å². The van der Waals surface area contributed by atoms with E-state index in [1.165, 1.54) is 17.7 Å². The van der Waals surface area contributed by atoms with Gasteiger partial charge in [0.1, 0.15) is 17.5 Å². The minimum absolute atomic E-state index is 0.0715. The van der Waals surface area contributed by atoms with Gasteiger partial charge in [-0.25, -0.2) is 0 Å². The van der Waals surface area contributed by atoms with Crippen LogP contribution in [0.4, 0.5) is 11.4 Å². The number of benzene rings is 3. The first kappa shape index (κ1) is 29.8. The Morgan fingerprint density at radius 2 is 1.60 bits per heavy atom. The minimum Gasteiger partial charge on any atom is -0.508 e. The van der Waals surface area contributed by atoms with Crippen LogP contribution in [0.2, 0.25) is 5.02 Å². The highest BCUT2D eigenvalue weighted by atomic mass is 35.5. The zero-order valence-corrected chi connectivity index (χ0v) is 26.3. The summed E-state index contributed by atoms with van der Waals surface area (Å²) in [5, 5.41) is 20.1. The van der Waals surface area contributed by atoms with Crippen LogP contribution in [-0.2, 0) is 27.1 Å². The summed E-state index contributed by atoms with van der Waals surface area (Å²) in [7, 11) is 3.64. The largest absolute Gasteiger partial charge is 0.508 e. The molecule has 2 amide bonds. The fourth-order valence-electron chi connectivity index (χ4n) is 6.03. The second kappa shape index (κ2) is 11.7. The minimum atomic E-state index is -0.319. The molecule has 1 aliphatic rings. The summed E-state index contributed by atoms with van der Waals surface area (Å²) >= 11 is 6.50. The van der Waals surface area contributed by atoms with Gasteiger partial charge in [-0.2, -0.15) is 5.26 Å². The molecule has 9 heteroatoms. The molecular formula is C36H32ClN5O3. The average Bonchev–Trinajstić information content (AvgIpc) is 3.51. The first-order valence-electron chi connectivity index (χ1n) is 14.6. The summed E-state index contributed by atoms with van der Waals surface area (Å²) in [6.45, 7) is 4.84. The lowest BCUT2D eigenvalue weighted by Crippen LogP contribution is -2.36. The van der Waals surface area contributed by atoms with Crippen LogP contribution in [-0.4, -0.2) is 37.5 Å². The molecule has 2 aromatic heterocycles. The number of aromatic hydroxyl groups is 1. The number of carbonyl (C=O) groups excluding carboxylic acids is 2. The van der Waals surface area contributed by atoms with E-state index in [-0.39, 0.29) is 17.6 Å². The van der Waals surface area contributed by atoms with Gasteiger partial charge in [-0.3, -0.25) is 14.5 Å². The fourth-order valence-corrected chi connectivity index (χ4v) is 6.21. The molecule has 3 aromatic carbocycles. The number of aromatic nitrogens is 2. The van der Waals surface area contributed by atoms with Gasteiger partial charge in [0.05, 0.1) is 11.3 Å². The molecular weight excluding hydrogens is 586 g/mol. The van der Waals surface area contributed by atoms with Crippen molar-refractivity contribution in [2.45, 2.75) is 26.8 Å². The Bertz CT molecular complexity index is 2020. The van der Waals surface area contributed by atoms with Crippen molar-refractivity contribution in [1.82, 2.24) is 14.0 Å². The van der Waals surface area contributed by atoms with Gasteiger partial charge < -0.3 is 19.1 Å². The van der Waals surface area contributed by atoms with Crippen molar-refractivity contribution in [3.63, 3.8) is 0 Å². The number of carbonyl (C=O) groups is 2. The highest BCUT2D eigenvalue weighted by Crippen LogP contribution is 2.37. The SMILES string of the molecule is Cc1c(N(C(=O)c2cc(-c3cc(Cl)ccc3C(=O)N3CCc4ccccc4C3)n(C)c2C)c2ccc(O)cc2)cc(C#N)n1C. The zero-order valence-electron chi connectivity index (χ0n) is 25.5. The third-order valence-corrected chi connectivity index (χ3v) is 9.08. The van der Waals surface area contributed by atoms with Gasteiger partial charge >= 0.3 is 0 Å². The molecule has 0 aliphatic carbocycles. The van der Waals surface area contributed by atoms with Gasteiger partial charge in [0.25, 0.3) is 11.8 Å². The molecule has 8 nitrogen and oxygen atoms in total. The second-order valence-electron chi connectivity index (χ2n) is 11.4. The quantitative estimate of drug-likeness (QED) is 0.229. The van der Waals surface area contributed by atoms with E-state index in [0.717, 1.165) is 17.7 Å². The number of anilines is 2. The van der Waals surface area contributed by atoms with Crippen LogP contribution >= 0.6 is 11.6 Å². The lowest BCUT2D eigenvalue weighted by Gasteiger charge is -2.29. The predicted octanol–water partition coefficient (Wildman–Crippen LogP) is 7.06. The van der Waals surface area contributed by atoms with E-state index in [0.29, 0.717) is 63.3 Å². The first-order valence-corrected chi connectivity index (χ1v) is 15.0. The van der Waals surface area contributed by atoms with E-state index >= 15 is 0 Å². The number of nitriles is 1. The molecule has 0 atom stereocenters. The number of hydrogen-bond donors (Lipinski definition) is 1. The molecule has 0 bridgehead atoms. The van der Waals surface area contributed by atoms with E-state index < -0.39 is 0 Å². The Morgan fingerprint density at radius 1 is 0.889 bits per heavy atom. The van der Waals surface area contributed by atoms with E-state index in [4.69, 9.17) is 11.6 Å². The Morgan fingerprint density at radius 3 is 2.29 bits per heavy atom. The number of phenols is 1. The number of hydrogen-bond acceptors (Lipinski definition) is 4. The average molecular weight is 618 g/mol. The van der Waals surface area contributed by atoms with Crippen molar-refractivity contribution in [2.24, 2.45) is 14.1 Å². The van der Waals surface area contributed by atoms with E-state index in [1.54, 1.807) is 59.0 Å². The Hall–Kier alpha value is -5.26. The topological polar surface area (TPSA) is 94.5 Å². The Labute approximate surface area is 266 Å². The maximum atomic E-state index is 14.5. The van der Waals surface area contributed by atoms with Crippen LogP contribution in [0, 0.1) is 25.2 Å². The van der Waals surface area contributed by atoms with Gasteiger partial charge in [0.2, 0.25) is 0 Å². The third-order valence-electron chi connectivity index (χ3n) is 8.85. The van der Waals surface area contributed by atoms with Crippen LogP contribution in [0.15, 0.2) is 78.9 Å². The number of nitrogens with zero attached hydrogens (tertiary/aromatic N) is 5. The van der Waals surface area contributed by atoms with Crippen LogP contribution in [0.1, 0.15) is 48.9 Å². The molecule has 3 heterocycles. The molecule has 1 N–H and O–H groups in total. The molecule has 0 saturated heterocycles. The van der Waals surface area contributed by atoms with Crippen molar-refractivity contribution in [2.75, 3.05) is 11.4 Å². The normalized spacial score (nSPS) is 12.5. The van der Waals surface area contributed by atoms with Crippen molar-refractivity contribution in [3.05, 3.63) is 123 Å². The number of rotatable bonds is 5. The second-order valence-corrected chi connectivity index (χ2v) is 11.8. The van der Waals surface area contributed by atoms with E-state index in [1.807, 2.05) is 42.5 Å². The zero-order chi connectivity index (χ0) is 32.0. The highest BCUT2D eigenvalue weighted by Gasteiger charge is 2.30. The van der Waals surface area contributed by atoms with E-state index in [9.17, 15) is 20.0 Å². The Kier molecular flexibility index (Phi) is 7.73. The number of fused-ring (bicyclic) bond motifs is 1. The van der Waals surface area contributed by atoms with Gasteiger partial charge in [0.15, 0.2) is 0 Å². The first-order chi connectivity index (χ1) is 21.6. The maximum absolute atomic E-state index is 14.5. The summed E-state index contributed by atoms with van der Waals surface area (Å²) in [4.78, 5) is 31.9. The van der Waals surface area contributed by atoms with Gasteiger partial charge in [-0.1, -0.05) is 35.9 Å². The fraction of sp³-hybridized carbons (Fsp3) is 0.194. The molecule has 0 spiro atoms. The monoisotopic (exact) mass is 617 g/mol. The summed E-state index contributed by atoms with van der Waals surface area (Å²) in [6.07, 6.45) is 0.784. The van der Waals surface area contributed by atoms with Crippen molar-refractivity contribution >= 4 is 34.8 Å². The molecule has 0 fully saturated rings. The third kappa shape index (κ3) is 5.26. The lowest BCUT2D eigenvalue weighted by atomic mass is 9.97. The number of phenolic OH excluding ortho intramolecular Hbond substituents is 1. The molecule has 0 unspecified atom stereocenters. The lowest BCUT2D eigenvalue weighted by molar-refractivity contribution is 0.0735.